The molecule has 0 unspecified atom stereocenters. The van der Waals surface area contributed by atoms with E-state index in [1.54, 1.807) is 0 Å². The number of anilines is 2. The van der Waals surface area contributed by atoms with E-state index in [9.17, 15) is 17.2 Å². The highest BCUT2D eigenvalue weighted by molar-refractivity contribution is 9.10. The summed E-state index contributed by atoms with van der Waals surface area (Å²) in [7, 11) is -4.18. The molecule has 0 bridgehead atoms. The number of nitrogens with two attached hydrogens (primary N) is 1. The van der Waals surface area contributed by atoms with E-state index in [2.05, 4.69) is 20.7 Å². The summed E-state index contributed by atoms with van der Waals surface area (Å²) in [6.07, 6.45) is 0. The van der Waals surface area contributed by atoms with Crippen LogP contribution in [0.3, 0.4) is 0 Å². The van der Waals surface area contributed by atoms with Gasteiger partial charge in [0, 0.05) is 10.2 Å². The summed E-state index contributed by atoms with van der Waals surface area (Å²) in [5.41, 5.74) is 5.89. The Kier molecular flexibility index (Phi) is 4.20. The summed E-state index contributed by atoms with van der Waals surface area (Å²) in [6, 6.07) is 5.78. The zero-order valence-electron chi connectivity index (χ0n) is 10.8. The van der Waals surface area contributed by atoms with Crippen LogP contribution in [0, 0.1) is 18.6 Å². The summed E-state index contributed by atoms with van der Waals surface area (Å²) in [5.74, 6) is -1.41. The highest BCUT2D eigenvalue weighted by Crippen LogP contribution is 2.28. The van der Waals surface area contributed by atoms with Gasteiger partial charge in [-0.2, -0.15) is 0 Å². The standard InChI is InChI=1S/C13H11BrF2N2O2S/c1-7-4-9(17)6-12(13(7)16)21(19,20)18-11-3-2-8(15)5-10(11)14/h2-6,18H,17H2,1H3. The van der Waals surface area contributed by atoms with Gasteiger partial charge in [-0.3, -0.25) is 4.72 Å². The molecule has 0 atom stereocenters. The molecule has 0 aliphatic heterocycles. The van der Waals surface area contributed by atoms with Crippen molar-refractivity contribution in [1.82, 2.24) is 0 Å². The van der Waals surface area contributed by atoms with Crippen molar-refractivity contribution in [3.05, 3.63) is 52.0 Å². The first kappa shape index (κ1) is 15.7. The van der Waals surface area contributed by atoms with Crippen molar-refractivity contribution in [3.63, 3.8) is 0 Å². The lowest BCUT2D eigenvalue weighted by molar-refractivity contribution is 0.565. The minimum absolute atomic E-state index is 0.0934. The Labute approximate surface area is 129 Å². The molecular formula is C13H11BrF2N2O2S. The number of hydrogen-bond donors (Lipinski definition) is 2. The third-order valence-electron chi connectivity index (χ3n) is 2.71. The lowest BCUT2D eigenvalue weighted by Gasteiger charge is -2.12. The van der Waals surface area contributed by atoms with E-state index in [4.69, 9.17) is 5.73 Å². The number of halogens is 3. The van der Waals surface area contributed by atoms with Gasteiger partial charge in [0.25, 0.3) is 10.0 Å². The van der Waals surface area contributed by atoms with Crippen LogP contribution in [0.5, 0.6) is 0 Å². The number of aryl methyl sites for hydroxylation is 1. The molecule has 8 heteroatoms. The second-order valence-corrected chi connectivity index (χ2v) is 6.88. The van der Waals surface area contributed by atoms with Gasteiger partial charge in [0.2, 0.25) is 0 Å². The van der Waals surface area contributed by atoms with Crippen LogP contribution >= 0.6 is 15.9 Å². The highest BCUT2D eigenvalue weighted by Gasteiger charge is 2.22. The van der Waals surface area contributed by atoms with Gasteiger partial charge in [0.1, 0.15) is 16.5 Å². The van der Waals surface area contributed by atoms with Gasteiger partial charge in [-0.25, -0.2) is 17.2 Å². The molecule has 0 spiro atoms. The van der Waals surface area contributed by atoms with E-state index >= 15 is 0 Å². The second kappa shape index (κ2) is 5.61. The number of nitrogens with one attached hydrogen (secondary N) is 1. The molecule has 0 heterocycles. The Balaban J connectivity index is 2.48. The minimum Gasteiger partial charge on any atom is -0.399 e. The number of rotatable bonds is 3. The maximum absolute atomic E-state index is 14.0. The fourth-order valence-electron chi connectivity index (χ4n) is 1.73. The Morgan fingerprint density at radius 2 is 1.86 bits per heavy atom. The fourth-order valence-corrected chi connectivity index (χ4v) is 3.58. The summed E-state index contributed by atoms with van der Waals surface area (Å²) in [6.45, 7) is 1.42. The highest BCUT2D eigenvalue weighted by atomic mass is 79.9. The van der Waals surface area contributed by atoms with E-state index < -0.39 is 26.6 Å². The molecule has 2 rings (SSSR count). The van der Waals surface area contributed by atoms with Crippen LogP contribution in [0.1, 0.15) is 5.56 Å². The monoisotopic (exact) mass is 376 g/mol. The van der Waals surface area contributed by atoms with Gasteiger partial charge < -0.3 is 5.73 Å². The summed E-state index contributed by atoms with van der Waals surface area (Å²) in [4.78, 5) is -0.559. The number of nitrogen functional groups attached to an aromatic ring is 1. The van der Waals surface area contributed by atoms with Crippen LogP contribution in [0.15, 0.2) is 39.7 Å². The zero-order chi connectivity index (χ0) is 15.8. The molecule has 21 heavy (non-hydrogen) atoms. The average molecular weight is 377 g/mol. The largest absolute Gasteiger partial charge is 0.399 e. The molecule has 2 aromatic carbocycles. The van der Waals surface area contributed by atoms with Crippen LogP contribution in [0.25, 0.3) is 0 Å². The first-order chi connectivity index (χ1) is 9.70. The Bertz CT molecular complexity index is 810. The molecular weight excluding hydrogens is 366 g/mol. The van der Waals surface area contributed by atoms with E-state index in [0.717, 1.165) is 18.2 Å². The smallest absolute Gasteiger partial charge is 0.264 e. The molecule has 112 valence electrons. The maximum Gasteiger partial charge on any atom is 0.264 e. The van der Waals surface area contributed by atoms with Crippen molar-refractivity contribution in [2.75, 3.05) is 10.5 Å². The van der Waals surface area contributed by atoms with Crippen molar-refractivity contribution >= 4 is 37.3 Å². The first-order valence-electron chi connectivity index (χ1n) is 5.74. The molecule has 3 N–H and O–H groups in total. The average Bonchev–Trinajstić information content (AvgIpc) is 2.37. The van der Waals surface area contributed by atoms with E-state index in [-0.39, 0.29) is 21.4 Å². The fraction of sp³-hybridized carbons (Fsp3) is 0.0769. The molecule has 0 amide bonds. The van der Waals surface area contributed by atoms with Crippen LogP contribution in [-0.4, -0.2) is 8.42 Å². The molecule has 0 aliphatic carbocycles. The number of sulfonamides is 1. The van der Waals surface area contributed by atoms with Crippen molar-refractivity contribution < 1.29 is 17.2 Å². The lowest BCUT2D eigenvalue weighted by atomic mass is 10.2. The summed E-state index contributed by atoms with van der Waals surface area (Å²) >= 11 is 3.03. The van der Waals surface area contributed by atoms with Gasteiger partial charge in [-0.05, 0) is 58.7 Å². The normalized spacial score (nSPS) is 11.4. The third kappa shape index (κ3) is 3.33. The maximum atomic E-state index is 14.0. The molecule has 0 radical (unpaired) electrons. The van der Waals surface area contributed by atoms with Crippen LogP contribution in [0.4, 0.5) is 20.2 Å². The predicted octanol–water partition coefficient (Wildman–Crippen LogP) is 3.42. The Morgan fingerprint density at radius 3 is 2.48 bits per heavy atom. The topological polar surface area (TPSA) is 72.2 Å². The predicted molar refractivity (Wildman–Crippen MR) is 80.5 cm³/mol. The molecule has 0 fully saturated rings. The molecule has 0 saturated carbocycles. The van der Waals surface area contributed by atoms with Crippen molar-refractivity contribution in [2.24, 2.45) is 0 Å². The molecule has 2 aromatic rings. The molecule has 4 nitrogen and oxygen atoms in total. The van der Waals surface area contributed by atoms with Gasteiger partial charge in [0.15, 0.2) is 0 Å². The second-order valence-electron chi connectivity index (χ2n) is 4.38. The Morgan fingerprint density at radius 1 is 1.19 bits per heavy atom. The molecule has 0 aliphatic rings. The SMILES string of the molecule is Cc1cc(N)cc(S(=O)(=O)Nc2ccc(F)cc2Br)c1F. The van der Waals surface area contributed by atoms with Gasteiger partial charge in [0.05, 0.1) is 5.69 Å². The first-order valence-corrected chi connectivity index (χ1v) is 8.02. The zero-order valence-corrected chi connectivity index (χ0v) is 13.2. The van der Waals surface area contributed by atoms with Crippen molar-refractivity contribution in [3.8, 4) is 0 Å². The third-order valence-corrected chi connectivity index (χ3v) is 4.73. The van der Waals surface area contributed by atoms with Crippen LogP contribution in [-0.2, 0) is 10.0 Å². The van der Waals surface area contributed by atoms with E-state index in [1.807, 2.05) is 0 Å². The minimum atomic E-state index is -4.18. The summed E-state index contributed by atoms with van der Waals surface area (Å²) < 4.78 is 53.9. The van der Waals surface area contributed by atoms with E-state index in [1.165, 1.54) is 19.1 Å². The quantitative estimate of drug-likeness (QED) is 0.806. The number of hydrogen-bond acceptors (Lipinski definition) is 3. The van der Waals surface area contributed by atoms with Gasteiger partial charge in [-0.15, -0.1) is 0 Å². The van der Waals surface area contributed by atoms with Crippen LogP contribution in [0.2, 0.25) is 0 Å². The van der Waals surface area contributed by atoms with Crippen molar-refractivity contribution in [2.45, 2.75) is 11.8 Å². The van der Waals surface area contributed by atoms with Crippen LogP contribution < -0.4 is 10.5 Å². The van der Waals surface area contributed by atoms with E-state index in [0.29, 0.717) is 0 Å². The van der Waals surface area contributed by atoms with Gasteiger partial charge >= 0.3 is 0 Å². The lowest BCUT2D eigenvalue weighted by Crippen LogP contribution is -2.16. The molecule has 0 aromatic heterocycles. The Hall–Kier alpha value is -1.67. The van der Waals surface area contributed by atoms with Crippen molar-refractivity contribution in [1.29, 1.82) is 0 Å². The number of benzene rings is 2. The summed E-state index contributed by atoms with van der Waals surface area (Å²) in [5, 5.41) is 0. The molecule has 0 saturated heterocycles. The van der Waals surface area contributed by atoms with Gasteiger partial charge in [-0.1, -0.05) is 0 Å².